The number of allylic oxidation sites excluding steroid dienone is 1. The Morgan fingerprint density at radius 2 is 1.60 bits per heavy atom. The summed E-state index contributed by atoms with van der Waals surface area (Å²) in [5.74, 6) is 0.381. The summed E-state index contributed by atoms with van der Waals surface area (Å²) in [5.41, 5.74) is -3.30. The molecule has 9 heteroatoms. The van der Waals surface area contributed by atoms with Crippen LogP contribution in [0.25, 0.3) is 5.76 Å². The van der Waals surface area contributed by atoms with Crippen LogP contribution in [0.2, 0.25) is 0 Å². The van der Waals surface area contributed by atoms with Crippen molar-refractivity contribution in [1.82, 2.24) is 0 Å². The lowest BCUT2D eigenvalue weighted by atomic mass is 9.77. The van der Waals surface area contributed by atoms with E-state index in [9.17, 15) is 21.6 Å². The quantitative estimate of drug-likeness (QED) is 0.464. The topological polar surface area (TPSA) is 61.8 Å². The minimum atomic E-state index is -5.84. The first-order valence-corrected chi connectivity index (χ1v) is 10.6. The predicted molar refractivity (Wildman–Crippen MR) is 106 cm³/mol. The van der Waals surface area contributed by atoms with E-state index in [0.717, 1.165) is 5.56 Å². The fraction of sp³-hybridized carbons (Fsp3) is 0.333. The van der Waals surface area contributed by atoms with E-state index in [2.05, 4.69) is 0 Å². The number of methoxy groups -OCH3 is 2. The van der Waals surface area contributed by atoms with E-state index in [0.29, 0.717) is 35.5 Å². The average Bonchev–Trinajstić information content (AvgIpc) is 2.72. The fourth-order valence-electron chi connectivity index (χ4n) is 3.56. The molecule has 30 heavy (non-hydrogen) atoms. The lowest BCUT2D eigenvalue weighted by Crippen LogP contribution is -2.27. The Hall–Kier alpha value is -2.68. The van der Waals surface area contributed by atoms with Gasteiger partial charge in [0.25, 0.3) is 0 Å². The lowest BCUT2D eigenvalue weighted by molar-refractivity contribution is -0.0509. The number of hydrogen-bond donors (Lipinski definition) is 0. The van der Waals surface area contributed by atoms with E-state index in [1.54, 1.807) is 31.2 Å². The van der Waals surface area contributed by atoms with Gasteiger partial charge in [0.15, 0.2) is 0 Å². The highest BCUT2D eigenvalue weighted by Crippen LogP contribution is 2.45. The highest BCUT2D eigenvalue weighted by atomic mass is 32.2. The molecular weight excluding hydrogens is 421 g/mol. The first-order chi connectivity index (χ1) is 14.1. The molecule has 1 atom stereocenters. The van der Waals surface area contributed by atoms with Crippen LogP contribution in [0.4, 0.5) is 13.2 Å². The van der Waals surface area contributed by atoms with E-state index in [1.807, 2.05) is 12.1 Å². The normalized spacial score (nSPS) is 16.8. The third-order valence-electron chi connectivity index (χ3n) is 5.07. The van der Waals surface area contributed by atoms with Crippen LogP contribution in [0, 0.1) is 0 Å². The van der Waals surface area contributed by atoms with Gasteiger partial charge in [-0.1, -0.05) is 25.1 Å². The van der Waals surface area contributed by atoms with Gasteiger partial charge in [-0.15, -0.1) is 0 Å². The van der Waals surface area contributed by atoms with Crippen LogP contribution in [-0.2, 0) is 20.7 Å². The second kappa shape index (κ2) is 8.22. The predicted octanol–water partition coefficient (Wildman–Crippen LogP) is 5.03. The lowest BCUT2D eigenvalue weighted by Gasteiger charge is -2.30. The molecule has 0 heterocycles. The Morgan fingerprint density at radius 1 is 1.00 bits per heavy atom. The molecule has 0 N–H and O–H groups in total. The van der Waals surface area contributed by atoms with Crippen molar-refractivity contribution in [2.75, 3.05) is 14.2 Å². The van der Waals surface area contributed by atoms with Gasteiger partial charge in [0.1, 0.15) is 17.3 Å². The maximum absolute atomic E-state index is 13.1. The standard InChI is InChI=1S/C21H21F3O5S/c1-4-17-18(13-5-8-15(27-2)9-6-13)11-14-7-10-16(28-3)12-19(14)20(17)29-30(25,26)21(22,23)24/h5-10,12,18H,4,11H2,1-3H3. The van der Waals surface area contributed by atoms with Crippen LogP contribution in [-0.4, -0.2) is 28.1 Å². The highest BCUT2D eigenvalue weighted by Gasteiger charge is 2.49. The first kappa shape index (κ1) is 22.0. The molecule has 1 unspecified atom stereocenters. The Labute approximate surface area is 173 Å². The minimum Gasteiger partial charge on any atom is -0.497 e. The summed E-state index contributed by atoms with van der Waals surface area (Å²) in [7, 11) is -2.89. The third kappa shape index (κ3) is 4.12. The van der Waals surface area contributed by atoms with Gasteiger partial charge in [0.2, 0.25) is 0 Å². The fourth-order valence-corrected chi connectivity index (χ4v) is 4.07. The number of halogens is 3. The van der Waals surface area contributed by atoms with Crippen LogP contribution >= 0.6 is 0 Å². The van der Waals surface area contributed by atoms with Crippen molar-refractivity contribution in [3.05, 3.63) is 64.7 Å². The zero-order valence-corrected chi connectivity index (χ0v) is 17.4. The molecule has 0 aromatic heterocycles. The molecule has 1 aliphatic carbocycles. The van der Waals surface area contributed by atoms with Crippen molar-refractivity contribution in [1.29, 1.82) is 0 Å². The smallest absolute Gasteiger partial charge is 0.497 e. The molecular formula is C21H21F3O5S. The van der Waals surface area contributed by atoms with Gasteiger partial charge in [0, 0.05) is 11.5 Å². The van der Waals surface area contributed by atoms with E-state index < -0.39 is 15.6 Å². The summed E-state index contributed by atoms with van der Waals surface area (Å²) in [6.45, 7) is 1.75. The number of hydrogen-bond acceptors (Lipinski definition) is 5. The van der Waals surface area contributed by atoms with Crippen LogP contribution in [0.1, 0.15) is 36.0 Å². The molecule has 0 fully saturated rings. The second-order valence-electron chi connectivity index (χ2n) is 6.74. The summed E-state index contributed by atoms with van der Waals surface area (Å²) in [4.78, 5) is 0. The van der Waals surface area contributed by atoms with Crippen LogP contribution in [0.5, 0.6) is 11.5 Å². The van der Waals surface area contributed by atoms with Gasteiger partial charge in [-0.3, -0.25) is 0 Å². The van der Waals surface area contributed by atoms with Crippen molar-refractivity contribution in [2.45, 2.75) is 31.2 Å². The van der Waals surface area contributed by atoms with Gasteiger partial charge >= 0.3 is 15.6 Å². The van der Waals surface area contributed by atoms with Crippen LogP contribution in [0.15, 0.2) is 48.0 Å². The van der Waals surface area contributed by atoms with Crippen molar-refractivity contribution in [3.63, 3.8) is 0 Å². The molecule has 3 rings (SSSR count). The van der Waals surface area contributed by atoms with E-state index >= 15 is 0 Å². The number of rotatable bonds is 6. The zero-order valence-electron chi connectivity index (χ0n) is 16.6. The SMILES string of the molecule is CCC1=C(OS(=O)(=O)C(F)(F)F)c2cc(OC)ccc2CC1c1ccc(OC)cc1. The van der Waals surface area contributed by atoms with Gasteiger partial charge in [-0.05, 0) is 53.8 Å². The van der Waals surface area contributed by atoms with Gasteiger partial charge < -0.3 is 13.7 Å². The largest absolute Gasteiger partial charge is 0.534 e. The molecule has 0 aliphatic heterocycles. The molecule has 162 valence electrons. The van der Waals surface area contributed by atoms with E-state index in [4.69, 9.17) is 13.7 Å². The van der Waals surface area contributed by atoms with Crippen molar-refractivity contribution >= 4 is 15.9 Å². The van der Waals surface area contributed by atoms with E-state index in [1.165, 1.54) is 20.3 Å². The molecule has 5 nitrogen and oxygen atoms in total. The van der Waals surface area contributed by atoms with Gasteiger partial charge in [-0.25, -0.2) is 0 Å². The summed E-state index contributed by atoms with van der Waals surface area (Å²) >= 11 is 0. The van der Waals surface area contributed by atoms with Gasteiger partial charge in [0.05, 0.1) is 14.2 Å². The molecule has 2 aromatic rings. The molecule has 1 aliphatic rings. The molecule has 0 saturated carbocycles. The van der Waals surface area contributed by atoms with Crippen molar-refractivity contribution in [2.24, 2.45) is 0 Å². The Bertz CT molecular complexity index is 1060. The van der Waals surface area contributed by atoms with Crippen LogP contribution < -0.4 is 9.47 Å². The second-order valence-corrected chi connectivity index (χ2v) is 8.28. The number of benzene rings is 2. The van der Waals surface area contributed by atoms with Gasteiger partial charge in [-0.2, -0.15) is 21.6 Å². The molecule has 2 aromatic carbocycles. The summed E-state index contributed by atoms with van der Waals surface area (Å²) in [6, 6.07) is 12.0. The zero-order chi connectivity index (χ0) is 22.1. The van der Waals surface area contributed by atoms with E-state index in [-0.39, 0.29) is 17.2 Å². The molecule has 0 spiro atoms. The average molecular weight is 442 g/mol. The Morgan fingerprint density at radius 3 is 2.13 bits per heavy atom. The van der Waals surface area contributed by atoms with Crippen molar-refractivity contribution < 1.29 is 35.2 Å². The van der Waals surface area contributed by atoms with Crippen LogP contribution in [0.3, 0.4) is 0 Å². The molecule has 0 bridgehead atoms. The Balaban J connectivity index is 2.19. The Kier molecular flexibility index (Phi) is 6.03. The summed E-state index contributed by atoms with van der Waals surface area (Å²) in [5, 5.41) is 0. The minimum absolute atomic E-state index is 0.281. The molecule has 0 radical (unpaired) electrons. The number of fused-ring (bicyclic) bond motifs is 1. The number of ether oxygens (including phenoxy) is 2. The summed E-state index contributed by atoms with van der Waals surface area (Å²) < 4.78 is 77.9. The highest BCUT2D eigenvalue weighted by molar-refractivity contribution is 7.87. The summed E-state index contributed by atoms with van der Waals surface area (Å²) in [6.07, 6.45) is 0.782. The third-order valence-corrected chi connectivity index (χ3v) is 6.03. The van der Waals surface area contributed by atoms with Crippen molar-refractivity contribution in [3.8, 4) is 11.5 Å². The maximum Gasteiger partial charge on any atom is 0.534 e. The molecule has 0 saturated heterocycles. The number of alkyl halides is 3. The maximum atomic E-state index is 13.1. The first-order valence-electron chi connectivity index (χ1n) is 9.16. The molecule has 0 amide bonds. The monoisotopic (exact) mass is 442 g/mol.